The molecule has 0 N–H and O–H groups in total. The molecule has 3 rings (SSSR count). The predicted molar refractivity (Wildman–Crippen MR) is 85.5 cm³/mol. The molecule has 6 heteroatoms. The summed E-state index contributed by atoms with van der Waals surface area (Å²) in [6, 6.07) is 0. The van der Waals surface area contributed by atoms with Gasteiger partial charge in [0.15, 0.2) is 0 Å². The molecule has 2 unspecified atom stereocenters. The molecule has 0 radical (unpaired) electrons. The van der Waals surface area contributed by atoms with Crippen LogP contribution in [-0.4, -0.2) is 45.3 Å². The van der Waals surface area contributed by atoms with Crippen molar-refractivity contribution in [3.63, 3.8) is 0 Å². The van der Waals surface area contributed by atoms with Gasteiger partial charge in [-0.1, -0.05) is 0 Å². The van der Waals surface area contributed by atoms with Crippen molar-refractivity contribution in [3.8, 4) is 0 Å². The molecular weight excluding hydrogens is 395 g/mol. The second kappa shape index (κ2) is 6.94. The third-order valence-corrected chi connectivity index (χ3v) is 10.4. The SMILES string of the molecule is O=C1C[C@H](OC2CCC(I3C=CC3)CO2)C[C@@H](CCl)O1. The van der Waals surface area contributed by atoms with Crippen molar-refractivity contribution in [1.29, 1.82) is 0 Å². The van der Waals surface area contributed by atoms with Gasteiger partial charge in [0, 0.05) is 0 Å². The average molecular weight is 415 g/mol. The molecule has 20 heavy (non-hydrogen) atoms. The molecule has 0 saturated carbocycles. The summed E-state index contributed by atoms with van der Waals surface area (Å²) < 4.78 is 21.5. The van der Waals surface area contributed by atoms with Crippen LogP contribution in [0.1, 0.15) is 25.7 Å². The fourth-order valence-electron chi connectivity index (χ4n) is 2.70. The minimum absolute atomic E-state index is 0.107. The summed E-state index contributed by atoms with van der Waals surface area (Å²) in [5, 5.41) is 0. The van der Waals surface area contributed by atoms with E-state index >= 15 is 0 Å². The van der Waals surface area contributed by atoms with Crippen LogP contribution < -0.4 is 0 Å². The Morgan fingerprint density at radius 3 is 2.90 bits per heavy atom. The summed E-state index contributed by atoms with van der Waals surface area (Å²) in [5.41, 5.74) is 0. The van der Waals surface area contributed by atoms with E-state index in [9.17, 15) is 4.79 Å². The van der Waals surface area contributed by atoms with Gasteiger partial charge in [-0.05, 0) is 0 Å². The van der Waals surface area contributed by atoms with Gasteiger partial charge < -0.3 is 0 Å². The number of halogens is 2. The van der Waals surface area contributed by atoms with Crippen LogP contribution in [0.15, 0.2) is 10.2 Å². The number of carbonyl (C=O) groups is 1. The first kappa shape index (κ1) is 15.1. The van der Waals surface area contributed by atoms with Crippen LogP contribution in [0, 0.1) is 0 Å². The molecule has 0 spiro atoms. The zero-order valence-corrected chi connectivity index (χ0v) is 14.2. The Bertz CT molecular complexity index is 381. The van der Waals surface area contributed by atoms with Crippen LogP contribution in [-0.2, 0) is 19.0 Å². The molecule has 0 aliphatic carbocycles. The van der Waals surface area contributed by atoms with Crippen molar-refractivity contribution < 1.29 is 19.0 Å². The molecule has 3 aliphatic heterocycles. The molecule has 4 nitrogen and oxygen atoms in total. The second-order valence-electron chi connectivity index (χ2n) is 5.35. The maximum absolute atomic E-state index is 11.5. The molecule has 3 heterocycles. The Labute approximate surface area is 131 Å². The standard InChI is InChI=1S/C14H20ClIO4/c15-8-12-6-11(7-13(17)19-12)20-14-3-2-10(9-18-14)16-4-1-5-16/h1,4,10-12,14H,2-3,5-9H2/t10?,11-,12+,14?/m1/s1. The van der Waals surface area contributed by atoms with Crippen molar-refractivity contribution in [2.24, 2.45) is 0 Å². The van der Waals surface area contributed by atoms with Crippen molar-refractivity contribution >= 4 is 37.4 Å². The molecule has 0 aromatic rings. The number of carbonyl (C=O) groups excluding carboxylic acids is 1. The van der Waals surface area contributed by atoms with E-state index in [1.807, 2.05) is 0 Å². The van der Waals surface area contributed by atoms with E-state index in [0.29, 0.717) is 18.7 Å². The first-order chi connectivity index (χ1) is 9.74. The molecule has 2 fully saturated rings. The summed E-state index contributed by atoms with van der Waals surface area (Å²) >= 11 is 4.96. The van der Waals surface area contributed by atoms with Gasteiger partial charge in [-0.3, -0.25) is 0 Å². The fraction of sp³-hybridized carbons (Fsp3) is 0.786. The van der Waals surface area contributed by atoms with Gasteiger partial charge >= 0.3 is 132 Å². The Morgan fingerprint density at radius 1 is 1.45 bits per heavy atom. The number of hydrogen-bond acceptors (Lipinski definition) is 4. The van der Waals surface area contributed by atoms with Crippen molar-refractivity contribution in [2.75, 3.05) is 16.9 Å². The number of esters is 1. The number of rotatable bonds is 4. The van der Waals surface area contributed by atoms with E-state index in [2.05, 4.69) is 10.2 Å². The van der Waals surface area contributed by atoms with Gasteiger partial charge in [0.2, 0.25) is 0 Å². The first-order valence-corrected chi connectivity index (χ1v) is 11.6. The number of alkyl halides is 3. The maximum atomic E-state index is 11.5. The zero-order valence-electron chi connectivity index (χ0n) is 11.3. The molecule has 114 valence electrons. The molecule has 2 saturated heterocycles. The zero-order chi connectivity index (χ0) is 13.9. The van der Waals surface area contributed by atoms with E-state index in [4.69, 9.17) is 25.8 Å². The first-order valence-electron chi connectivity index (χ1n) is 7.06. The van der Waals surface area contributed by atoms with E-state index in [0.717, 1.165) is 17.0 Å². The summed E-state index contributed by atoms with van der Waals surface area (Å²) in [4.78, 5) is 11.5. The number of cyclic esters (lactones) is 1. The molecule has 3 aliphatic rings. The van der Waals surface area contributed by atoms with Crippen LogP contribution >= 0.6 is 31.4 Å². The van der Waals surface area contributed by atoms with E-state index in [1.165, 1.54) is 10.8 Å². The Morgan fingerprint density at radius 2 is 2.30 bits per heavy atom. The molecule has 0 aromatic carbocycles. The van der Waals surface area contributed by atoms with Gasteiger partial charge in [0.1, 0.15) is 0 Å². The third-order valence-electron chi connectivity index (χ3n) is 3.83. The number of ether oxygens (including phenoxy) is 3. The van der Waals surface area contributed by atoms with Crippen LogP contribution in [0.25, 0.3) is 0 Å². The van der Waals surface area contributed by atoms with Gasteiger partial charge in [-0.25, -0.2) is 0 Å². The Kier molecular flexibility index (Phi) is 5.23. The molecule has 0 aromatic heterocycles. The number of allylic oxidation sites excluding steroid dienone is 1. The Hall–Kier alpha value is 0.150. The molecule has 0 amide bonds. The third kappa shape index (κ3) is 3.67. The minimum atomic E-state index is -0.803. The van der Waals surface area contributed by atoms with Gasteiger partial charge in [0.25, 0.3) is 0 Å². The van der Waals surface area contributed by atoms with Crippen molar-refractivity contribution in [3.05, 3.63) is 10.2 Å². The van der Waals surface area contributed by atoms with Gasteiger partial charge in [-0.15, -0.1) is 0 Å². The fourth-order valence-corrected chi connectivity index (χ4v) is 7.12. The van der Waals surface area contributed by atoms with E-state index < -0.39 is 19.8 Å². The van der Waals surface area contributed by atoms with E-state index in [1.54, 1.807) is 0 Å². The second-order valence-corrected chi connectivity index (χ2v) is 11.5. The quantitative estimate of drug-likeness (QED) is 0.403. The summed E-state index contributed by atoms with van der Waals surface area (Å²) in [5.74, 6) is 0.119. The monoisotopic (exact) mass is 414 g/mol. The van der Waals surface area contributed by atoms with E-state index in [-0.39, 0.29) is 24.5 Å². The van der Waals surface area contributed by atoms with Crippen LogP contribution in [0.4, 0.5) is 0 Å². The van der Waals surface area contributed by atoms with Crippen molar-refractivity contribution in [2.45, 2.75) is 48.1 Å². The number of hydrogen-bond donors (Lipinski definition) is 0. The van der Waals surface area contributed by atoms with Gasteiger partial charge in [0.05, 0.1) is 0 Å². The average Bonchev–Trinajstić information content (AvgIpc) is 2.38. The summed E-state index contributed by atoms with van der Waals surface area (Å²) in [7, 11) is 0. The predicted octanol–water partition coefficient (Wildman–Crippen LogP) is 2.85. The molecule has 0 bridgehead atoms. The van der Waals surface area contributed by atoms with Crippen LogP contribution in [0.3, 0.4) is 0 Å². The topological polar surface area (TPSA) is 44.8 Å². The normalized spacial score (nSPS) is 39.2. The Balaban J connectivity index is 1.44. The van der Waals surface area contributed by atoms with Crippen molar-refractivity contribution in [1.82, 2.24) is 0 Å². The van der Waals surface area contributed by atoms with Gasteiger partial charge in [-0.2, -0.15) is 0 Å². The summed E-state index contributed by atoms with van der Waals surface area (Å²) in [6.07, 6.45) is 4.96. The van der Waals surface area contributed by atoms with Crippen LogP contribution in [0.2, 0.25) is 0 Å². The summed E-state index contributed by atoms with van der Waals surface area (Å²) in [6.45, 7) is 0.829. The molecule has 4 atom stereocenters. The molecular formula is C14H20ClIO4. The van der Waals surface area contributed by atoms with Crippen LogP contribution in [0.5, 0.6) is 0 Å².